The largest absolute Gasteiger partial charge is 0.508 e. The van der Waals surface area contributed by atoms with Gasteiger partial charge < -0.3 is 43.7 Å². The number of aromatic nitrogens is 2. The second kappa shape index (κ2) is 23.7. The zero-order valence-corrected chi connectivity index (χ0v) is 46.5. The van der Waals surface area contributed by atoms with E-state index in [1.807, 2.05) is 63.2 Å². The highest BCUT2D eigenvalue weighted by Gasteiger charge is 2.42. The number of benzene rings is 3. The molecule has 5 aromatic rings. The predicted octanol–water partition coefficient (Wildman–Crippen LogP) is 8.37. The summed E-state index contributed by atoms with van der Waals surface area (Å²) in [4.78, 5) is 67.2. The molecule has 0 saturated carbocycles. The third-order valence-electron chi connectivity index (χ3n) is 16.3. The highest BCUT2D eigenvalue weighted by atomic mass is 16.5. The molecule has 6 bridgehead atoms. The Kier molecular flexibility index (Phi) is 17.1. The molecular weight excluding hydrogens is 975 g/mol. The summed E-state index contributed by atoms with van der Waals surface area (Å²) in [6.45, 7) is 15.0. The van der Waals surface area contributed by atoms with Crippen LogP contribution in [-0.2, 0) is 52.8 Å². The van der Waals surface area contributed by atoms with Crippen molar-refractivity contribution in [3.63, 3.8) is 0 Å². The van der Waals surface area contributed by atoms with Gasteiger partial charge in [0.2, 0.25) is 5.91 Å². The number of methoxy groups -OCH3 is 1. The van der Waals surface area contributed by atoms with Crippen molar-refractivity contribution in [2.24, 2.45) is 11.3 Å². The molecule has 6 heterocycles. The van der Waals surface area contributed by atoms with Crippen molar-refractivity contribution in [1.82, 2.24) is 35.1 Å². The van der Waals surface area contributed by atoms with Crippen molar-refractivity contribution < 1.29 is 43.2 Å². The van der Waals surface area contributed by atoms with Gasteiger partial charge in [-0.3, -0.25) is 29.2 Å². The lowest BCUT2D eigenvalue weighted by molar-refractivity contribution is -0.155. The van der Waals surface area contributed by atoms with E-state index in [4.69, 9.17) is 23.9 Å². The molecule has 0 spiro atoms. The summed E-state index contributed by atoms with van der Waals surface area (Å²) in [6, 6.07) is 20.8. The maximum Gasteiger partial charge on any atom is 0.324 e. The number of nitrogens with one attached hydrogen (secondary N) is 2. The molecule has 3 saturated heterocycles. The summed E-state index contributed by atoms with van der Waals surface area (Å²) in [5, 5.41) is 17.0. The van der Waals surface area contributed by atoms with Crippen LogP contribution in [0, 0.1) is 11.3 Å². The number of likely N-dealkylation sites (N-methyl/N-ethyl adjacent to an activating group) is 2. The van der Waals surface area contributed by atoms with Crippen LogP contribution < -0.4 is 15.5 Å². The Hall–Kier alpha value is -6.33. The van der Waals surface area contributed by atoms with Crippen LogP contribution in [0.2, 0.25) is 0 Å². The summed E-state index contributed by atoms with van der Waals surface area (Å²) >= 11 is 0. The maximum atomic E-state index is 14.9. The molecule has 7 atom stereocenters. The van der Waals surface area contributed by atoms with Gasteiger partial charge in [-0.05, 0) is 130 Å². The maximum absolute atomic E-state index is 14.9. The third-order valence-corrected chi connectivity index (χ3v) is 16.3. The van der Waals surface area contributed by atoms with E-state index >= 15 is 0 Å². The number of carbonyl (C=O) groups is 4. The number of carbonyl (C=O) groups excluding carboxylic acids is 4. The fraction of sp³-hybridized carbons (Fsp3) is 0.525. The minimum atomic E-state index is -1.17. The van der Waals surface area contributed by atoms with Gasteiger partial charge in [0, 0.05) is 74.1 Å². The van der Waals surface area contributed by atoms with Crippen molar-refractivity contribution in [2.45, 2.75) is 142 Å². The van der Waals surface area contributed by atoms with Crippen LogP contribution in [0.1, 0.15) is 114 Å². The van der Waals surface area contributed by atoms with Crippen LogP contribution in [-0.4, -0.2) is 138 Å². The van der Waals surface area contributed by atoms with E-state index in [0.29, 0.717) is 62.8 Å². The van der Waals surface area contributed by atoms with Crippen molar-refractivity contribution in [3.05, 3.63) is 101 Å². The van der Waals surface area contributed by atoms with Gasteiger partial charge in [-0.2, -0.15) is 0 Å². The number of fused-ring (bicyclic) bond motifs is 6. The molecule has 2 aromatic heterocycles. The molecule has 3 aromatic carbocycles. The van der Waals surface area contributed by atoms with E-state index in [9.17, 15) is 24.3 Å². The molecule has 412 valence electrons. The number of amides is 3. The monoisotopic (exact) mass is 1050 g/mol. The Morgan fingerprint density at radius 2 is 1.77 bits per heavy atom. The minimum Gasteiger partial charge on any atom is -0.508 e. The van der Waals surface area contributed by atoms with E-state index in [-0.39, 0.29) is 49.2 Å². The summed E-state index contributed by atoms with van der Waals surface area (Å²) in [5.41, 5.74) is 10.4. The molecule has 9 rings (SSSR count). The van der Waals surface area contributed by atoms with Crippen LogP contribution in [0.25, 0.3) is 33.3 Å². The van der Waals surface area contributed by atoms with Gasteiger partial charge in [0.25, 0.3) is 11.8 Å². The molecule has 0 radical (unpaired) electrons. The minimum absolute atomic E-state index is 0.00738. The highest BCUT2D eigenvalue weighted by molar-refractivity contribution is 5.96. The lowest BCUT2D eigenvalue weighted by Crippen LogP contribution is -2.62. The average molecular weight is 1050 g/mol. The molecule has 16 nitrogen and oxygen atoms in total. The van der Waals surface area contributed by atoms with Gasteiger partial charge in [-0.1, -0.05) is 76.6 Å². The molecule has 3 amide bonds. The number of rotatable bonds is 13. The lowest BCUT2D eigenvalue weighted by Gasteiger charge is -2.37. The normalized spacial score (nSPS) is 23.0. The van der Waals surface area contributed by atoms with E-state index < -0.39 is 47.4 Å². The Balaban J connectivity index is 1.11. The molecule has 0 aliphatic carbocycles. The Morgan fingerprint density at radius 1 is 0.974 bits per heavy atom. The Labute approximate surface area is 453 Å². The van der Waals surface area contributed by atoms with Crippen LogP contribution in [0.15, 0.2) is 79.0 Å². The quantitative estimate of drug-likeness (QED) is 0.0963. The third kappa shape index (κ3) is 12.1. The SMILES string of the molecule is CCn1c(-c2cc(OCC3CCCCN3C)cnc2C(C)OC)c2c3cc(ccc31)-c1cc(O)cc(c1)CC(NC(=O)C(C(C)C)N(C)C(=O)C1OCCC1c1ccccc1)C(=O)N1CCCC(N1)C(=O)OCC(C)(C)C2. The number of hydrogen-bond donors (Lipinski definition) is 3. The fourth-order valence-electron chi connectivity index (χ4n) is 12.1. The molecule has 7 unspecified atom stereocenters. The van der Waals surface area contributed by atoms with Gasteiger partial charge >= 0.3 is 5.97 Å². The van der Waals surface area contributed by atoms with Crippen LogP contribution >= 0.6 is 0 Å². The van der Waals surface area contributed by atoms with Gasteiger partial charge in [0.1, 0.15) is 42.3 Å². The lowest BCUT2D eigenvalue weighted by atomic mass is 9.84. The number of nitrogens with zero attached hydrogens (tertiary/aromatic N) is 5. The summed E-state index contributed by atoms with van der Waals surface area (Å²) in [5.74, 6) is -1.63. The first-order valence-electron chi connectivity index (χ1n) is 27.8. The number of aromatic hydroxyl groups is 1. The Morgan fingerprint density at radius 3 is 2.51 bits per heavy atom. The zero-order valence-electron chi connectivity index (χ0n) is 46.5. The topological polar surface area (TPSA) is 177 Å². The van der Waals surface area contributed by atoms with Crippen molar-refractivity contribution in [2.75, 3.05) is 54.1 Å². The first-order chi connectivity index (χ1) is 36.9. The first-order valence-corrected chi connectivity index (χ1v) is 27.8. The molecular formula is C61H79N7O9. The van der Waals surface area contributed by atoms with Crippen molar-refractivity contribution >= 4 is 34.6 Å². The number of hydrazine groups is 1. The van der Waals surface area contributed by atoms with E-state index in [1.165, 1.54) is 22.8 Å². The standard InChI is InChI=1S/C61H79N7O9/c1-10-67-52-22-21-41-31-47(52)49(55(67)48-32-45(34-62-53(48)38(4)74-9)76-35-43-19-14-15-24-65(43)7)33-61(5,6)36-77-60(73)50-20-16-25-68(64-50)58(71)51(29-39-27-42(41)30-44(69)28-39)63-57(70)54(37(2)3)66(8)59(72)56-46(23-26-75-56)40-17-12-11-13-18-40/h11-13,17-18,21-22,27-28,30-32,34,37-38,43,46,50-51,54,56,64,69H,10,14-16,19-20,23-26,29,33,35-36H2,1-9H3,(H,63,70). The van der Waals surface area contributed by atoms with Gasteiger partial charge in [0.05, 0.1) is 30.3 Å². The first kappa shape index (κ1) is 55.4. The van der Waals surface area contributed by atoms with Crippen LogP contribution in [0.4, 0.5) is 0 Å². The number of hydrogen-bond acceptors (Lipinski definition) is 12. The number of phenolic OH excluding ortho intramolecular Hbond substituents is 1. The molecule has 3 fully saturated rings. The number of likely N-dealkylation sites (tertiary alicyclic amines) is 1. The summed E-state index contributed by atoms with van der Waals surface area (Å²) in [7, 11) is 5.46. The number of piperidine rings is 1. The van der Waals surface area contributed by atoms with E-state index in [0.717, 1.165) is 63.1 Å². The number of pyridine rings is 1. The smallest absolute Gasteiger partial charge is 0.324 e. The molecule has 4 aliphatic rings. The second-order valence-corrected chi connectivity index (χ2v) is 22.9. The predicted molar refractivity (Wildman–Crippen MR) is 296 cm³/mol. The summed E-state index contributed by atoms with van der Waals surface area (Å²) < 4.78 is 27.2. The fourth-order valence-corrected chi connectivity index (χ4v) is 12.1. The van der Waals surface area contributed by atoms with Crippen molar-refractivity contribution in [1.29, 1.82) is 0 Å². The number of phenols is 1. The number of esters is 1. The second-order valence-electron chi connectivity index (χ2n) is 22.9. The van der Waals surface area contributed by atoms with E-state index in [2.05, 4.69) is 66.2 Å². The molecule has 3 N–H and O–H groups in total. The highest BCUT2D eigenvalue weighted by Crippen LogP contribution is 2.43. The number of cyclic esters (lactones) is 1. The van der Waals surface area contributed by atoms with Gasteiger partial charge in [-0.15, -0.1) is 0 Å². The van der Waals surface area contributed by atoms with Gasteiger partial charge in [-0.25, -0.2) is 5.43 Å². The van der Waals surface area contributed by atoms with Gasteiger partial charge in [0.15, 0.2) is 0 Å². The van der Waals surface area contributed by atoms with E-state index in [1.54, 1.807) is 32.5 Å². The molecule has 77 heavy (non-hydrogen) atoms. The Bertz CT molecular complexity index is 2940. The van der Waals surface area contributed by atoms with Crippen LogP contribution in [0.5, 0.6) is 11.5 Å². The zero-order chi connectivity index (χ0) is 54.7. The summed E-state index contributed by atoms with van der Waals surface area (Å²) in [6.07, 6.45) is 6.21. The molecule has 16 heteroatoms. The van der Waals surface area contributed by atoms with Crippen molar-refractivity contribution in [3.8, 4) is 33.9 Å². The average Bonchev–Trinajstić information content (AvgIpc) is 4.04. The number of aryl methyl sites for hydroxylation is 1. The number of ether oxygens (including phenoxy) is 4. The van der Waals surface area contributed by atoms with Crippen LogP contribution in [0.3, 0.4) is 0 Å². The molecule has 4 aliphatic heterocycles.